The van der Waals surface area contributed by atoms with Gasteiger partial charge >= 0.3 is 0 Å². The van der Waals surface area contributed by atoms with Crippen LogP contribution in [0, 0.1) is 11.7 Å². The summed E-state index contributed by atoms with van der Waals surface area (Å²) in [5, 5.41) is 0. The van der Waals surface area contributed by atoms with E-state index in [2.05, 4.69) is 21.6 Å². The molecule has 6 nitrogen and oxygen atoms in total. The molecule has 1 aliphatic carbocycles. The molecule has 8 heteroatoms. The van der Waals surface area contributed by atoms with Gasteiger partial charge in [0.15, 0.2) is 11.6 Å². The molecule has 0 unspecified atom stereocenters. The fourth-order valence-electron chi connectivity index (χ4n) is 4.42. The third-order valence-electron chi connectivity index (χ3n) is 6.11. The highest BCUT2D eigenvalue weighted by atomic mass is 32.2. The molecule has 0 amide bonds. The van der Waals surface area contributed by atoms with Gasteiger partial charge in [-0.2, -0.15) is 0 Å². The van der Waals surface area contributed by atoms with Crippen LogP contribution in [0.4, 0.5) is 4.39 Å². The van der Waals surface area contributed by atoms with Gasteiger partial charge in [0.25, 0.3) is 0 Å². The predicted molar refractivity (Wildman–Crippen MR) is 119 cm³/mol. The molecule has 3 atom stereocenters. The molecule has 1 heterocycles. The molecule has 1 saturated carbocycles. The Kier molecular flexibility index (Phi) is 8.00. The number of rotatable bonds is 10. The van der Waals surface area contributed by atoms with E-state index in [1.54, 1.807) is 0 Å². The van der Waals surface area contributed by atoms with Crippen LogP contribution in [0.1, 0.15) is 67.8 Å². The van der Waals surface area contributed by atoms with Gasteiger partial charge in [-0.1, -0.05) is 13.0 Å². The van der Waals surface area contributed by atoms with Crippen molar-refractivity contribution in [2.45, 2.75) is 57.3 Å². The van der Waals surface area contributed by atoms with E-state index in [-0.39, 0.29) is 5.82 Å². The van der Waals surface area contributed by atoms with Crippen molar-refractivity contribution < 1.29 is 17.5 Å². The Morgan fingerprint density at radius 3 is 2.68 bits per heavy atom. The number of ether oxygens (including phenoxy) is 1. The van der Waals surface area contributed by atoms with Crippen LogP contribution in [0.25, 0.3) is 0 Å². The maximum atomic E-state index is 13.7. The third-order valence-corrected chi connectivity index (χ3v) is 6.84. The molecule has 3 rings (SSSR count). The lowest BCUT2D eigenvalue weighted by atomic mass is 9.88. The summed E-state index contributed by atoms with van der Waals surface area (Å²) in [6.07, 6.45) is 10.8. The average molecular weight is 450 g/mol. The Labute approximate surface area is 184 Å². The molecule has 1 aliphatic rings. The van der Waals surface area contributed by atoms with Crippen molar-refractivity contribution in [3.63, 3.8) is 0 Å². The lowest BCUT2D eigenvalue weighted by molar-refractivity contribution is 0.384. The summed E-state index contributed by atoms with van der Waals surface area (Å²) in [4.78, 5) is 8.96. The zero-order valence-corrected chi connectivity index (χ0v) is 19.3. The molecule has 170 valence electrons. The van der Waals surface area contributed by atoms with Gasteiger partial charge in [0, 0.05) is 25.4 Å². The monoisotopic (exact) mass is 449 g/mol. The first-order valence-corrected chi connectivity index (χ1v) is 12.7. The summed E-state index contributed by atoms with van der Waals surface area (Å²) >= 11 is 0. The van der Waals surface area contributed by atoms with Crippen LogP contribution in [0.3, 0.4) is 0 Å². The van der Waals surface area contributed by atoms with Gasteiger partial charge in [-0.15, -0.1) is 0 Å². The topological polar surface area (TPSA) is 81.2 Å². The van der Waals surface area contributed by atoms with E-state index in [0.29, 0.717) is 42.9 Å². The molecule has 0 radical (unpaired) electrons. The second-order valence-electron chi connectivity index (χ2n) is 8.61. The fraction of sp³-hybridized carbons (Fsp3) is 0.565. The molecule has 2 aromatic rings. The number of hydrogen-bond donors (Lipinski definition) is 1. The lowest BCUT2D eigenvalue weighted by Gasteiger charge is -2.18. The molecule has 1 fully saturated rings. The number of benzene rings is 1. The minimum Gasteiger partial charge on any atom is -0.494 e. The number of sulfonamides is 1. The standard InChI is InChI=1S/C23H32FN3O3S/c1-16(18-8-9-21(24)22(13-18)30-2)11-17-6-7-19(12-17)20-14-25-23(26-15-20)5-4-10-27-31(3,28)29/h8-9,13-17,19,27H,4-7,10-12H2,1-3H3/t16-,17+,19+/m0/s1. The van der Waals surface area contributed by atoms with Crippen molar-refractivity contribution in [1.82, 2.24) is 14.7 Å². The van der Waals surface area contributed by atoms with Gasteiger partial charge in [0.2, 0.25) is 10.0 Å². The van der Waals surface area contributed by atoms with E-state index in [9.17, 15) is 12.8 Å². The Morgan fingerprint density at radius 2 is 2.00 bits per heavy atom. The largest absolute Gasteiger partial charge is 0.494 e. The van der Waals surface area contributed by atoms with E-state index in [1.165, 1.54) is 25.2 Å². The van der Waals surface area contributed by atoms with Crippen molar-refractivity contribution in [2.75, 3.05) is 19.9 Å². The Bertz CT molecular complexity index is 967. The SMILES string of the molecule is COc1cc([C@@H](C)C[C@H]2CC[C@@H](c3cnc(CCCNS(C)(=O)=O)nc3)C2)ccc1F. The molecule has 1 N–H and O–H groups in total. The molecule has 1 aromatic carbocycles. The van der Waals surface area contributed by atoms with Crippen LogP contribution in [-0.2, 0) is 16.4 Å². The average Bonchev–Trinajstić information content (AvgIpc) is 3.19. The number of aromatic nitrogens is 2. The van der Waals surface area contributed by atoms with Crippen molar-refractivity contribution in [2.24, 2.45) is 5.92 Å². The lowest BCUT2D eigenvalue weighted by Crippen LogP contribution is -2.23. The first-order chi connectivity index (χ1) is 14.7. The third kappa shape index (κ3) is 6.97. The summed E-state index contributed by atoms with van der Waals surface area (Å²) < 4.78 is 43.4. The molecule has 0 saturated heterocycles. The summed E-state index contributed by atoms with van der Waals surface area (Å²) in [5.74, 6) is 2.16. The summed E-state index contributed by atoms with van der Waals surface area (Å²) in [7, 11) is -1.65. The molecular formula is C23H32FN3O3S. The van der Waals surface area contributed by atoms with Crippen LogP contribution in [0.2, 0.25) is 0 Å². The van der Waals surface area contributed by atoms with Gasteiger partial charge in [0.1, 0.15) is 5.82 Å². The van der Waals surface area contributed by atoms with Crippen LogP contribution < -0.4 is 9.46 Å². The van der Waals surface area contributed by atoms with Crippen LogP contribution in [0.15, 0.2) is 30.6 Å². The van der Waals surface area contributed by atoms with Crippen LogP contribution in [0.5, 0.6) is 5.75 Å². The highest BCUT2D eigenvalue weighted by Crippen LogP contribution is 2.42. The highest BCUT2D eigenvalue weighted by molar-refractivity contribution is 7.88. The normalized spacial score (nSPS) is 20.0. The highest BCUT2D eigenvalue weighted by Gasteiger charge is 2.28. The van der Waals surface area contributed by atoms with Crippen molar-refractivity contribution >= 4 is 10.0 Å². The van der Waals surface area contributed by atoms with E-state index < -0.39 is 10.0 Å². The number of aryl methyl sites for hydroxylation is 1. The quantitative estimate of drug-likeness (QED) is 0.550. The summed E-state index contributed by atoms with van der Waals surface area (Å²) in [6, 6.07) is 5.15. The van der Waals surface area contributed by atoms with E-state index in [4.69, 9.17) is 4.74 Å². The predicted octanol–water partition coefficient (Wildman–Crippen LogP) is 4.18. The van der Waals surface area contributed by atoms with Crippen molar-refractivity contribution in [3.8, 4) is 5.75 Å². The molecule has 0 spiro atoms. The Morgan fingerprint density at radius 1 is 1.26 bits per heavy atom. The maximum Gasteiger partial charge on any atom is 0.208 e. The Hall–Kier alpha value is -2.06. The molecule has 0 bridgehead atoms. The minimum absolute atomic E-state index is 0.304. The minimum atomic E-state index is -3.15. The second kappa shape index (κ2) is 10.5. The van der Waals surface area contributed by atoms with E-state index in [1.807, 2.05) is 24.5 Å². The Balaban J connectivity index is 1.49. The smallest absolute Gasteiger partial charge is 0.208 e. The second-order valence-corrected chi connectivity index (χ2v) is 10.4. The van der Waals surface area contributed by atoms with Gasteiger partial charge < -0.3 is 4.74 Å². The van der Waals surface area contributed by atoms with Gasteiger partial charge in [-0.3, -0.25) is 0 Å². The van der Waals surface area contributed by atoms with E-state index >= 15 is 0 Å². The number of halogens is 1. The number of nitrogens with zero attached hydrogens (tertiary/aromatic N) is 2. The first-order valence-electron chi connectivity index (χ1n) is 10.8. The van der Waals surface area contributed by atoms with Gasteiger partial charge in [-0.25, -0.2) is 27.5 Å². The maximum absolute atomic E-state index is 13.7. The number of methoxy groups -OCH3 is 1. The molecular weight excluding hydrogens is 417 g/mol. The molecule has 0 aliphatic heterocycles. The number of nitrogens with one attached hydrogen (secondary N) is 1. The van der Waals surface area contributed by atoms with Crippen molar-refractivity contribution in [3.05, 3.63) is 53.4 Å². The first kappa shape index (κ1) is 23.6. The zero-order chi connectivity index (χ0) is 22.4. The van der Waals surface area contributed by atoms with E-state index in [0.717, 1.165) is 36.9 Å². The van der Waals surface area contributed by atoms with Gasteiger partial charge in [0.05, 0.1) is 13.4 Å². The molecule has 1 aromatic heterocycles. The fourth-order valence-corrected chi connectivity index (χ4v) is 4.93. The van der Waals surface area contributed by atoms with Crippen molar-refractivity contribution in [1.29, 1.82) is 0 Å². The van der Waals surface area contributed by atoms with Crippen LogP contribution >= 0.6 is 0 Å². The summed E-state index contributed by atoms with van der Waals surface area (Å²) in [6.45, 7) is 2.59. The van der Waals surface area contributed by atoms with Crippen LogP contribution in [-0.4, -0.2) is 38.3 Å². The summed E-state index contributed by atoms with van der Waals surface area (Å²) in [5.41, 5.74) is 2.29. The molecule has 31 heavy (non-hydrogen) atoms. The van der Waals surface area contributed by atoms with Gasteiger partial charge in [-0.05, 0) is 73.1 Å². The zero-order valence-electron chi connectivity index (χ0n) is 18.5. The number of hydrogen-bond acceptors (Lipinski definition) is 5.